The van der Waals surface area contributed by atoms with Gasteiger partial charge < -0.3 is 0 Å². The summed E-state index contributed by atoms with van der Waals surface area (Å²) in [6.07, 6.45) is 3.97. The summed E-state index contributed by atoms with van der Waals surface area (Å²) in [5.41, 5.74) is 3.22. The van der Waals surface area contributed by atoms with E-state index in [-0.39, 0.29) is 5.91 Å². The van der Waals surface area contributed by atoms with Gasteiger partial charge >= 0.3 is 0 Å². The van der Waals surface area contributed by atoms with Crippen LogP contribution in [0.4, 0.5) is 0 Å². The molecule has 0 aliphatic carbocycles. The maximum absolute atomic E-state index is 12.6. The van der Waals surface area contributed by atoms with Gasteiger partial charge in [0.1, 0.15) is 4.32 Å². The fourth-order valence-electron chi connectivity index (χ4n) is 2.46. The van der Waals surface area contributed by atoms with Crippen LogP contribution in [0.2, 0.25) is 0 Å². The number of amides is 1. The zero-order chi connectivity index (χ0) is 16.9. The molecule has 2 nitrogen and oxygen atoms in total. The maximum Gasteiger partial charge on any atom is 0.266 e. The van der Waals surface area contributed by atoms with Crippen molar-refractivity contribution in [2.45, 2.75) is 13.5 Å². The second kappa shape index (κ2) is 7.60. The second-order valence-corrected chi connectivity index (χ2v) is 7.23. The lowest BCUT2D eigenvalue weighted by molar-refractivity contribution is -0.122. The van der Waals surface area contributed by atoms with Crippen molar-refractivity contribution in [3.8, 4) is 0 Å². The van der Waals surface area contributed by atoms with Gasteiger partial charge in [0.05, 0.1) is 11.4 Å². The molecule has 1 aliphatic heterocycles. The van der Waals surface area contributed by atoms with Gasteiger partial charge in [0.15, 0.2) is 0 Å². The van der Waals surface area contributed by atoms with Gasteiger partial charge in [0, 0.05) is 0 Å². The molecule has 3 rings (SSSR count). The summed E-state index contributed by atoms with van der Waals surface area (Å²) in [6, 6.07) is 20.0. The summed E-state index contributed by atoms with van der Waals surface area (Å²) in [7, 11) is 0. The Morgan fingerprint density at radius 1 is 1.08 bits per heavy atom. The van der Waals surface area contributed by atoms with E-state index in [1.54, 1.807) is 4.90 Å². The second-order valence-electron chi connectivity index (χ2n) is 5.55. The van der Waals surface area contributed by atoms with Gasteiger partial charge in [0.2, 0.25) is 0 Å². The molecular formula is C20H17NOS2. The van der Waals surface area contributed by atoms with Crippen molar-refractivity contribution in [2.75, 3.05) is 0 Å². The molecule has 0 saturated carbocycles. The molecule has 1 heterocycles. The molecule has 0 spiro atoms. The summed E-state index contributed by atoms with van der Waals surface area (Å²) in [4.78, 5) is 15.0. The van der Waals surface area contributed by atoms with Crippen LogP contribution in [-0.4, -0.2) is 15.1 Å². The van der Waals surface area contributed by atoms with Gasteiger partial charge in [-0.25, -0.2) is 0 Å². The molecule has 0 aromatic heterocycles. The van der Waals surface area contributed by atoms with E-state index in [1.165, 1.54) is 11.8 Å². The first-order chi connectivity index (χ1) is 11.6. The predicted octanol–water partition coefficient (Wildman–Crippen LogP) is 5.03. The monoisotopic (exact) mass is 351 g/mol. The molecule has 1 fully saturated rings. The van der Waals surface area contributed by atoms with Gasteiger partial charge in [-0.3, -0.25) is 9.69 Å². The fraction of sp³-hybridized carbons (Fsp3) is 0.100. The highest BCUT2D eigenvalue weighted by atomic mass is 32.2. The third-order valence-corrected chi connectivity index (χ3v) is 4.99. The lowest BCUT2D eigenvalue weighted by atomic mass is 10.1. The molecular weight excluding hydrogens is 334 g/mol. The van der Waals surface area contributed by atoms with Crippen LogP contribution in [0, 0.1) is 0 Å². The third kappa shape index (κ3) is 4.02. The van der Waals surface area contributed by atoms with Gasteiger partial charge in [-0.2, -0.15) is 0 Å². The normalized spacial score (nSPS) is 17.0. The van der Waals surface area contributed by atoms with Crippen LogP contribution in [-0.2, 0) is 11.3 Å². The molecule has 0 atom stereocenters. The Morgan fingerprint density at radius 3 is 2.38 bits per heavy atom. The number of carbonyl (C=O) groups excluding carboxylic acids is 1. The predicted molar refractivity (Wildman–Crippen MR) is 105 cm³/mol. The fourth-order valence-corrected chi connectivity index (χ4v) is 3.77. The molecule has 1 amide bonds. The van der Waals surface area contributed by atoms with Crippen molar-refractivity contribution in [1.29, 1.82) is 0 Å². The topological polar surface area (TPSA) is 20.3 Å². The van der Waals surface area contributed by atoms with Crippen molar-refractivity contribution in [3.63, 3.8) is 0 Å². The van der Waals surface area contributed by atoms with Crippen LogP contribution in [0.15, 0.2) is 77.2 Å². The molecule has 24 heavy (non-hydrogen) atoms. The van der Waals surface area contributed by atoms with Crippen LogP contribution in [0.3, 0.4) is 0 Å². The summed E-state index contributed by atoms with van der Waals surface area (Å²) >= 11 is 6.75. The van der Waals surface area contributed by atoms with E-state index in [0.29, 0.717) is 15.8 Å². The van der Waals surface area contributed by atoms with Crippen LogP contribution in [0.25, 0.3) is 6.08 Å². The highest BCUT2D eigenvalue weighted by Gasteiger charge is 2.31. The number of carbonyl (C=O) groups is 1. The molecule has 0 radical (unpaired) electrons. The minimum Gasteiger partial charge on any atom is -0.288 e. The molecule has 2 aromatic carbocycles. The number of rotatable bonds is 4. The largest absolute Gasteiger partial charge is 0.288 e. The Labute approximate surface area is 151 Å². The Bertz CT molecular complexity index is 810. The first-order valence-electron chi connectivity index (χ1n) is 7.66. The maximum atomic E-state index is 12.6. The van der Waals surface area contributed by atoms with E-state index in [9.17, 15) is 4.79 Å². The average molecular weight is 351 g/mol. The van der Waals surface area contributed by atoms with Gasteiger partial charge in [-0.1, -0.05) is 90.7 Å². The molecule has 1 aliphatic rings. The number of thiocarbonyl (C=S) groups is 1. The Balaban J connectivity index is 1.77. The van der Waals surface area contributed by atoms with Gasteiger partial charge in [-0.15, -0.1) is 0 Å². The van der Waals surface area contributed by atoms with E-state index in [1.807, 2.05) is 73.7 Å². The van der Waals surface area contributed by atoms with Crippen molar-refractivity contribution < 1.29 is 4.79 Å². The smallest absolute Gasteiger partial charge is 0.266 e. The highest BCUT2D eigenvalue weighted by Crippen LogP contribution is 2.33. The third-order valence-electron chi connectivity index (χ3n) is 3.61. The summed E-state index contributed by atoms with van der Waals surface area (Å²) in [5.74, 6) is -0.0188. The zero-order valence-corrected chi connectivity index (χ0v) is 14.9. The van der Waals surface area contributed by atoms with Gasteiger partial charge in [0.25, 0.3) is 5.91 Å². The Hall–Kier alpha value is -2.17. The van der Waals surface area contributed by atoms with Crippen LogP contribution >= 0.6 is 24.0 Å². The zero-order valence-electron chi connectivity index (χ0n) is 13.3. The van der Waals surface area contributed by atoms with Crippen molar-refractivity contribution in [1.82, 2.24) is 4.90 Å². The molecule has 0 N–H and O–H groups in total. The quantitative estimate of drug-likeness (QED) is 0.569. The first kappa shape index (κ1) is 16.7. The van der Waals surface area contributed by atoms with E-state index in [4.69, 9.17) is 12.2 Å². The number of allylic oxidation sites excluding steroid dienone is 2. The molecule has 120 valence electrons. The SMILES string of the molecule is CC(/C=C1\SC(=S)N(Cc2ccccc2)C1=O)=C\c1ccccc1. The number of nitrogens with zero attached hydrogens (tertiary/aromatic N) is 1. The van der Waals surface area contributed by atoms with Gasteiger partial charge in [-0.05, 0) is 29.7 Å². The van der Waals surface area contributed by atoms with E-state index < -0.39 is 0 Å². The summed E-state index contributed by atoms with van der Waals surface area (Å²) in [6.45, 7) is 2.51. The van der Waals surface area contributed by atoms with E-state index in [0.717, 1.165) is 16.7 Å². The standard InChI is InChI=1S/C20H17NOS2/c1-15(12-16-8-4-2-5-9-16)13-18-19(22)21(20(23)24-18)14-17-10-6-3-7-11-17/h2-13H,14H2,1H3/b15-12+,18-13-. The minimum absolute atomic E-state index is 0.0188. The summed E-state index contributed by atoms with van der Waals surface area (Å²) < 4.78 is 0.614. The molecule has 0 unspecified atom stereocenters. The lowest BCUT2D eigenvalue weighted by Crippen LogP contribution is -2.27. The molecule has 0 bridgehead atoms. The average Bonchev–Trinajstić information content (AvgIpc) is 2.84. The van der Waals surface area contributed by atoms with Crippen LogP contribution in [0.1, 0.15) is 18.1 Å². The molecule has 4 heteroatoms. The summed E-state index contributed by atoms with van der Waals surface area (Å²) in [5, 5.41) is 0. The molecule has 2 aromatic rings. The molecule has 1 saturated heterocycles. The number of thioether (sulfide) groups is 1. The Morgan fingerprint density at radius 2 is 1.71 bits per heavy atom. The van der Waals surface area contributed by atoms with Crippen molar-refractivity contribution in [3.05, 3.63) is 88.3 Å². The van der Waals surface area contributed by atoms with Crippen molar-refractivity contribution in [2.24, 2.45) is 0 Å². The van der Waals surface area contributed by atoms with Crippen LogP contribution < -0.4 is 0 Å². The number of benzene rings is 2. The highest BCUT2D eigenvalue weighted by molar-refractivity contribution is 8.26. The number of hydrogen-bond donors (Lipinski definition) is 0. The van der Waals surface area contributed by atoms with Crippen LogP contribution in [0.5, 0.6) is 0 Å². The number of hydrogen-bond acceptors (Lipinski definition) is 3. The van der Waals surface area contributed by atoms with E-state index >= 15 is 0 Å². The Kier molecular flexibility index (Phi) is 5.28. The first-order valence-corrected chi connectivity index (χ1v) is 8.88. The van der Waals surface area contributed by atoms with E-state index in [2.05, 4.69) is 6.08 Å². The minimum atomic E-state index is -0.0188. The van der Waals surface area contributed by atoms with Crippen molar-refractivity contribution >= 4 is 40.3 Å². The lowest BCUT2D eigenvalue weighted by Gasteiger charge is -2.14.